The molecule has 0 saturated carbocycles. The average Bonchev–Trinajstić information content (AvgIpc) is 2.98. The first-order chi connectivity index (χ1) is 9.58. The number of pyridine rings is 1. The van der Waals surface area contributed by atoms with Gasteiger partial charge in [0.25, 0.3) is 5.91 Å². The number of hydrogen-bond donors (Lipinski definition) is 1. The Hall–Kier alpha value is -2.11. The summed E-state index contributed by atoms with van der Waals surface area (Å²) in [6.07, 6.45) is 3.87. The highest BCUT2D eigenvalue weighted by Gasteiger charge is 2.16. The molecule has 2 heterocycles. The second-order valence-corrected chi connectivity index (χ2v) is 4.97. The minimum absolute atomic E-state index is 0.0540. The van der Waals surface area contributed by atoms with E-state index in [9.17, 15) is 9.59 Å². The zero-order valence-corrected chi connectivity index (χ0v) is 11.6. The van der Waals surface area contributed by atoms with E-state index in [1.165, 1.54) is 17.7 Å². The Morgan fingerprint density at radius 2 is 2.05 bits per heavy atom. The van der Waals surface area contributed by atoms with Crippen molar-refractivity contribution in [1.82, 2.24) is 9.88 Å². The van der Waals surface area contributed by atoms with E-state index in [4.69, 9.17) is 5.11 Å². The lowest BCUT2D eigenvalue weighted by molar-refractivity contribution is -0.137. The van der Waals surface area contributed by atoms with Crippen LogP contribution in [-0.4, -0.2) is 53.5 Å². The summed E-state index contributed by atoms with van der Waals surface area (Å²) in [5.74, 6) is -0.217. The Balaban J connectivity index is 1.97. The maximum absolute atomic E-state index is 12.1. The first-order valence-electron chi connectivity index (χ1n) is 6.76. The highest BCUT2D eigenvalue weighted by molar-refractivity contribution is 5.94. The Labute approximate surface area is 118 Å². The first kappa shape index (κ1) is 14.3. The first-order valence-corrected chi connectivity index (χ1v) is 6.76. The van der Waals surface area contributed by atoms with Crippen molar-refractivity contribution in [2.45, 2.75) is 19.3 Å². The lowest BCUT2D eigenvalue weighted by atomic mass is 10.2. The van der Waals surface area contributed by atoms with E-state index < -0.39 is 5.97 Å². The summed E-state index contributed by atoms with van der Waals surface area (Å²) in [4.78, 5) is 30.5. The SMILES string of the molecule is CN(CCC(=O)O)C(=O)c1ccc(N2CCCC2)nc1. The molecule has 6 nitrogen and oxygen atoms in total. The molecule has 0 bridgehead atoms. The second-order valence-electron chi connectivity index (χ2n) is 4.97. The summed E-state index contributed by atoms with van der Waals surface area (Å²) in [6, 6.07) is 3.60. The van der Waals surface area contributed by atoms with Crippen molar-refractivity contribution in [2.75, 3.05) is 31.6 Å². The van der Waals surface area contributed by atoms with Crippen LogP contribution in [0.2, 0.25) is 0 Å². The molecule has 1 aromatic rings. The maximum atomic E-state index is 12.1. The van der Waals surface area contributed by atoms with Crippen molar-refractivity contribution < 1.29 is 14.7 Å². The van der Waals surface area contributed by atoms with Gasteiger partial charge < -0.3 is 14.9 Å². The van der Waals surface area contributed by atoms with Gasteiger partial charge in [0.05, 0.1) is 12.0 Å². The second kappa shape index (κ2) is 6.36. The molecule has 1 aliphatic heterocycles. The van der Waals surface area contributed by atoms with E-state index in [0.717, 1.165) is 18.9 Å². The molecule has 108 valence electrons. The molecular formula is C14H19N3O3. The Bertz CT molecular complexity index is 481. The number of carbonyl (C=O) groups is 2. The normalized spacial score (nSPS) is 14.3. The van der Waals surface area contributed by atoms with Crippen LogP contribution in [-0.2, 0) is 4.79 Å². The van der Waals surface area contributed by atoms with Crippen molar-refractivity contribution in [3.63, 3.8) is 0 Å². The van der Waals surface area contributed by atoms with Crippen LogP contribution in [0, 0.1) is 0 Å². The van der Waals surface area contributed by atoms with Crippen LogP contribution in [0.4, 0.5) is 5.82 Å². The van der Waals surface area contributed by atoms with Gasteiger partial charge in [-0.05, 0) is 25.0 Å². The standard InChI is InChI=1S/C14H19N3O3/c1-16(9-6-13(18)19)14(20)11-4-5-12(15-10-11)17-7-2-3-8-17/h4-5,10H,2-3,6-9H2,1H3,(H,18,19). The van der Waals surface area contributed by atoms with E-state index in [1.54, 1.807) is 19.3 Å². The van der Waals surface area contributed by atoms with Crippen LogP contribution >= 0.6 is 0 Å². The van der Waals surface area contributed by atoms with Crippen LogP contribution in [0.15, 0.2) is 18.3 Å². The van der Waals surface area contributed by atoms with Gasteiger partial charge >= 0.3 is 5.97 Å². The molecule has 0 unspecified atom stereocenters. The molecule has 2 rings (SSSR count). The molecule has 0 aromatic carbocycles. The number of amides is 1. The Morgan fingerprint density at radius 3 is 2.60 bits per heavy atom. The Morgan fingerprint density at radius 1 is 1.35 bits per heavy atom. The molecular weight excluding hydrogens is 258 g/mol. The number of rotatable bonds is 5. The predicted molar refractivity (Wildman–Crippen MR) is 74.9 cm³/mol. The molecule has 0 aliphatic carbocycles. The molecule has 6 heteroatoms. The predicted octanol–water partition coefficient (Wildman–Crippen LogP) is 1.23. The zero-order valence-electron chi connectivity index (χ0n) is 11.6. The smallest absolute Gasteiger partial charge is 0.305 e. The summed E-state index contributed by atoms with van der Waals surface area (Å²) in [7, 11) is 1.60. The zero-order chi connectivity index (χ0) is 14.5. The summed E-state index contributed by atoms with van der Waals surface area (Å²) in [6.45, 7) is 2.22. The van der Waals surface area contributed by atoms with Crippen LogP contribution in [0.1, 0.15) is 29.6 Å². The molecule has 0 atom stereocenters. The molecule has 1 aliphatic rings. The number of carboxylic acids is 1. The van der Waals surface area contributed by atoms with E-state index in [2.05, 4.69) is 9.88 Å². The number of aromatic nitrogens is 1. The fourth-order valence-corrected chi connectivity index (χ4v) is 2.23. The van der Waals surface area contributed by atoms with Crippen molar-refractivity contribution in [3.8, 4) is 0 Å². The van der Waals surface area contributed by atoms with Crippen LogP contribution in [0.25, 0.3) is 0 Å². The van der Waals surface area contributed by atoms with Crippen molar-refractivity contribution >= 4 is 17.7 Å². The fraction of sp³-hybridized carbons (Fsp3) is 0.500. The van der Waals surface area contributed by atoms with E-state index in [0.29, 0.717) is 5.56 Å². The molecule has 1 aromatic heterocycles. The largest absolute Gasteiger partial charge is 0.481 e. The van der Waals surface area contributed by atoms with Crippen LogP contribution in [0.3, 0.4) is 0 Å². The van der Waals surface area contributed by atoms with E-state index >= 15 is 0 Å². The minimum Gasteiger partial charge on any atom is -0.481 e. The number of anilines is 1. The van der Waals surface area contributed by atoms with Gasteiger partial charge in [-0.3, -0.25) is 9.59 Å². The van der Waals surface area contributed by atoms with Gasteiger partial charge in [-0.2, -0.15) is 0 Å². The molecule has 1 saturated heterocycles. The van der Waals surface area contributed by atoms with Crippen LogP contribution in [0.5, 0.6) is 0 Å². The highest BCUT2D eigenvalue weighted by Crippen LogP contribution is 2.17. The average molecular weight is 277 g/mol. The summed E-state index contributed by atoms with van der Waals surface area (Å²) >= 11 is 0. The van der Waals surface area contributed by atoms with Crippen molar-refractivity contribution in [3.05, 3.63) is 23.9 Å². The van der Waals surface area contributed by atoms with Crippen molar-refractivity contribution in [1.29, 1.82) is 0 Å². The number of hydrogen-bond acceptors (Lipinski definition) is 4. The van der Waals surface area contributed by atoms with Gasteiger partial charge in [0.1, 0.15) is 5.82 Å². The fourth-order valence-electron chi connectivity index (χ4n) is 2.23. The topological polar surface area (TPSA) is 73.7 Å². The third-order valence-electron chi connectivity index (χ3n) is 3.43. The maximum Gasteiger partial charge on any atom is 0.305 e. The number of carboxylic acid groups (broad SMARTS) is 1. The van der Waals surface area contributed by atoms with Gasteiger partial charge in [0.15, 0.2) is 0 Å². The molecule has 1 fully saturated rings. The van der Waals surface area contributed by atoms with Crippen molar-refractivity contribution in [2.24, 2.45) is 0 Å². The van der Waals surface area contributed by atoms with E-state index in [1.807, 2.05) is 6.07 Å². The highest BCUT2D eigenvalue weighted by atomic mass is 16.4. The molecule has 0 radical (unpaired) electrons. The summed E-state index contributed by atoms with van der Waals surface area (Å²) < 4.78 is 0. The van der Waals surface area contributed by atoms with E-state index in [-0.39, 0.29) is 18.9 Å². The number of carbonyl (C=O) groups excluding carboxylic acids is 1. The third-order valence-corrected chi connectivity index (χ3v) is 3.43. The monoisotopic (exact) mass is 277 g/mol. The molecule has 1 N–H and O–H groups in total. The minimum atomic E-state index is -0.910. The van der Waals surface area contributed by atoms with Gasteiger partial charge in [-0.25, -0.2) is 4.98 Å². The van der Waals surface area contributed by atoms with Gasteiger partial charge in [0, 0.05) is 32.9 Å². The summed E-state index contributed by atoms with van der Waals surface area (Å²) in [5, 5.41) is 8.62. The third kappa shape index (κ3) is 3.46. The summed E-state index contributed by atoms with van der Waals surface area (Å²) in [5.41, 5.74) is 0.487. The molecule has 20 heavy (non-hydrogen) atoms. The molecule has 1 amide bonds. The van der Waals surface area contributed by atoms with Gasteiger partial charge in [-0.1, -0.05) is 0 Å². The molecule has 0 spiro atoms. The quantitative estimate of drug-likeness (QED) is 0.876. The lowest BCUT2D eigenvalue weighted by Gasteiger charge is -2.18. The van der Waals surface area contributed by atoms with Gasteiger partial charge in [-0.15, -0.1) is 0 Å². The Kier molecular flexibility index (Phi) is 4.55. The number of nitrogens with zero attached hydrogens (tertiary/aromatic N) is 3. The van der Waals surface area contributed by atoms with Crippen LogP contribution < -0.4 is 4.90 Å². The van der Waals surface area contributed by atoms with Gasteiger partial charge in [0.2, 0.25) is 0 Å². The lowest BCUT2D eigenvalue weighted by Crippen LogP contribution is -2.29. The number of aliphatic carboxylic acids is 1.